The fraction of sp³-hybridized carbons (Fsp3) is 0.438. The fourth-order valence-electron chi connectivity index (χ4n) is 2.73. The van der Waals surface area contributed by atoms with E-state index in [1.165, 1.54) is 4.90 Å². The lowest BCUT2D eigenvalue weighted by atomic mass is 9.96. The van der Waals surface area contributed by atoms with Crippen molar-refractivity contribution in [3.8, 4) is 0 Å². The Kier molecular flexibility index (Phi) is 2.99. The Morgan fingerprint density at radius 2 is 1.86 bits per heavy atom. The Hall–Kier alpha value is -2.01. The summed E-state index contributed by atoms with van der Waals surface area (Å²) in [4.78, 5) is 13.4. The summed E-state index contributed by atoms with van der Waals surface area (Å²) < 4.78 is 7.34. The summed E-state index contributed by atoms with van der Waals surface area (Å²) in [5.41, 5.74) is -1.11. The number of carbonyl (C=O) groups is 1. The van der Waals surface area contributed by atoms with Gasteiger partial charge in [0.15, 0.2) is 11.3 Å². The molecular formula is C16H20N2O3. The molecule has 1 aromatic carbocycles. The second-order valence-corrected chi connectivity index (χ2v) is 6.12. The molecule has 1 atom stereocenters. The Morgan fingerprint density at radius 3 is 2.52 bits per heavy atom. The first-order valence-corrected chi connectivity index (χ1v) is 7.10. The number of benzene rings is 1. The normalized spacial score (nSPS) is 24.6. The third-order valence-electron chi connectivity index (χ3n) is 4.47. The van der Waals surface area contributed by atoms with Crippen LogP contribution in [0, 0.1) is 0 Å². The molecule has 1 fully saturated rings. The zero-order valence-electron chi connectivity index (χ0n) is 12.5. The molecule has 5 nitrogen and oxygen atoms in total. The first-order valence-electron chi connectivity index (χ1n) is 7.10. The van der Waals surface area contributed by atoms with Crippen LogP contribution in [0.1, 0.15) is 20.8 Å². The van der Waals surface area contributed by atoms with Crippen LogP contribution in [0.25, 0.3) is 10.9 Å². The molecule has 21 heavy (non-hydrogen) atoms. The average Bonchev–Trinajstić information content (AvgIpc) is 2.87. The molecule has 1 aliphatic heterocycles. The van der Waals surface area contributed by atoms with Gasteiger partial charge in [-0.15, -0.1) is 0 Å². The lowest BCUT2D eigenvalue weighted by molar-refractivity contribution is -0.127. The monoisotopic (exact) mass is 288 g/mol. The molecule has 0 unspecified atom stereocenters. The summed E-state index contributed by atoms with van der Waals surface area (Å²) in [7, 11) is 0. The largest absolute Gasteiger partial charge is 0.438 e. The van der Waals surface area contributed by atoms with Crippen molar-refractivity contribution in [2.45, 2.75) is 38.6 Å². The predicted octanol–water partition coefficient (Wildman–Crippen LogP) is 2.58. The van der Waals surface area contributed by atoms with Gasteiger partial charge in [-0.25, -0.2) is 4.79 Å². The van der Waals surface area contributed by atoms with Crippen molar-refractivity contribution in [3.05, 3.63) is 36.5 Å². The molecule has 0 saturated carbocycles. The maximum absolute atomic E-state index is 12.0. The molecule has 3 rings (SSSR count). The highest BCUT2D eigenvalue weighted by atomic mass is 16.6. The number of fused-ring (bicyclic) bond motifs is 1. The number of amides is 1. The number of ether oxygens (including phenoxy) is 1. The van der Waals surface area contributed by atoms with E-state index in [9.17, 15) is 9.90 Å². The minimum Gasteiger partial charge on any atom is -0.438 e. The molecule has 0 radical (unpaired) electrons. The van der Waals surface area contributed by atoms with Crippen molar-refractivity contribution in [3.63, 3.8) is 0 Å². The summed E-state index contributed by atoms with van der Waals surface area (Å²) >= 11 is 0. The van der Waals surface area contributed by atoms with Gasteiger partial charge in [0, 0.05) is 24.8 Å². The van der Waals surface area contributed by atoms with E-state index < -0.39 is 17.4 Å². The number of cyclic esters (lactones) is 1. The lowest BCUT2D eigenvalue weighted by Crippen LogP contribution is -2.54. The van der Waals surface area contributed by atoms with Crippen LogP contribution in [0.5, 0.6) is 0 Å². The second-order valence-electron chi connectivity index (χ2n) is 6.12. The van der Waals surface area contributed by atoms with Crippen molar-refractivity contribution < 1.29 is 14.6 Å². The van der Waals surface area contributed by atoms with E-state index in [2.05, 4.69) is 10.6 Å². The minimum absolute atomic E-state index is 0.397. The van der Waals surface area contributed by atoms with E-state index in [4.69, 9.17) is 4.74 Å². The van der Waals surface area contributed by atoms with Crippen molar-refractivity contribution in [2.75, 3.05) is 6.54 Å². The predicted molar refractivity (Wildman–Crippen MR) is 79.8 cm³/mol. The molecule has 2 aromatic rings. The minimum atomic E-state index is -1.31. The maximum Gasteiger partial charge on any atom is 0.412 e. The Labute approximate surface area is 123 Å². The van der Waals surface area contributed by atoms with Crippen molar-refractivity contribution >= 4 is 17.0 Å². The molecule has 1 saturated heterocycles. The number of nitrogens with zero attached hydrogens (tertiary/aromatic N) is 2. The Morgan fingerprint density at radius 1 is 1.14 bits per heavy atom. The molecular weight excluding hydrogens is 268 g/mol. The third kappa shape index (κ3) is 2.08. The number of rotatable bonds is 3. The van der Waals surface area contributed by atoms with Gasteiger partial charge >= 0.3 is 6.09 Å². The third-order valence-corrected chi connectivity index (χ3v) is 4.47. The van der Waals surface area contributed by atoms with Crippen LogP contribution in [-0.2, 0) is 11.3 Å². The topological polar surface area (TPSA) is 54.7 Å². The number of hydrogen-bond donors (Lipinski definition) is 1. The van der Waals surface area contributed by atoms with Crippen molar-refractivity contribution in [1.29, 1.82) is 0 Å². The number of aromatic nitrogens is 1. The van der Waals surface area contributed by atoms with E-state index in [-0.39, 0.29) is 0 Å². The standard InChI is InChI=1S/C16H20N2O3/c1-15(2)16(3,20)18(14(19)21-15)11-10-17-9-8-12-6-4-5-7-13(12)17/h4-9,20H,10-11H2,1-3H3/t16-/m0/s1. The summed E-state index contributed by atoms with van der Waals surface area (Å²) in [6, 6.07) is 10.1. The van der Waals surface area contributed by atoms with E-state index in [1.54, 1.807) is 20.8 Å². The van der Waals surface area contributed by atoms with Crippen LogP contribution in [0.2, 0.25) is 0 Å². The van der Waals surface area contributed by atoms with Gasteiger partial charge in [-0.05, 0) is 38.3 Å². The van der Waals surface area contributed by atoms with Gasteiger partial charge in [-0.1, -0.05) is 18.2 Å². The molecule has 1 aromatic heterocycles. The van der Waals surface area contributed by atoms with Gasteiger partial charge in [-0.3, -0.25) is 4.90 Å². The quantitative estimate of drug-likeness (QED) is 0.944. The first kappa shape index (κ1) is 13.9. The Bertz CT molecular complexity index is 688. The molecule has 0 spiro atoms. The van der Waals surface area contributed by atoms with Gasteiger partial charge in [0.05, 0.1) is 0 Å². The van der Waals surface area contributed by atoms with Crippen LogP contribution >= 0.6 is 0 Å². The lowest BCUT2D eigenvalue weighted by Gasteiger charge is -2.34. The summed E-state index contributed by atoms with van der Waals surface area (Å²) in [6.45, 7) is 6.06. The molecule has 1 aliphatic rings. The zero-order valence-corrected chi connectivity index (χ0v) is 12.5. The van der Waals surface area contributed by atoms with E-state index in [0.717, 1.165) is 10.9 Å². The van der Waals surface area contributed by atoms with Gasteiger partial charge < -0.3 is 14.4 Å². The average molecular weight is 288 g/mol. The van der Waals surface area contributed by atoms with E-state index in [1.807, 2.05) is 30.5 Å². The highest BCUT2D eigenvalue weighted by Gasteiger charge is 2.56. The fourth-order valence-corrected chi connectivity index (χ4v) is 2.73. The molecule has 0 aliphatic carbocycles. The maximum atomic E-state index is 12.0. The van der Waals surface area contributed by atoms with Crippen LogP contribution in [-0.4, -0.2) is 38.5 Å². The highest BCUT2D eigenvalue weighted by molar-refractivity contribution is 5.80. The SMILES string of the molecule is CC1(C)OC(=O)N(CCn2ccc3ccccc32)[C@@]1(C)O. The molecule has 1 amide bonds. The smallest absolute Gasteiger partial charge is 0.412 e. The van der Waals surface area contributed by atoms with Crippen LogP contribution in [0.3, 0.4) is 0 Å². The molecule has 5 heteroatoms. The van der Waals surface area contributed by atoms with Crippen molar-refractivity contribution in [2.24, 2.45) is 0 Å². The molecule has 0 bridgehead atoms. The van der Waals surface area contributed by atoms with Crippen LogP contribution in [0.15, 0.2) is 36.5 Å². The summed E-state index contributed by atoms with van der Waals surface area (Å²) in [5, 5.41) is 11.7. The number of aliphatic hydroxyl groups is 1. The van der Waals surface area contributed by atoms with Gasteiger partial charge in [0.1, 0.15) is 0 Å². The van der Waals surface area contributed by atoms with Gasteiger partial charge in [0.2, 0.25) is 0 Å². The number of carbonyl (C=O) groups excluding carboxylic acids is 1. The highest BCUT2D eigenvalue weighted by Crippen LogP contribution is 2.36. The number of para-hydroxylation sites is 1. The van der Waals surface area contributed by atoms with Crippen LogP contribution < -0.4 is 0 Å². The first-order chi connectivity index (χ1) is 9.83. The molecule has 1 N–H and O–H groups in total. The zero-order chi connectivity index (χ0) is 15.3. The van der Waals surface area contributed by atoms with Gasteiger partial charge in [0.25, 0.3) is 0 Å². The summed E-state index contributed by atoms with van der Waals surface area (Å²) in [6.07, 6.45) is 1.52. The Balaban J connectivity index is 1.80. The molecule has 2 heterocycles. The van der Waals surface area contributed by atoms with Gasteiger partial charge in [-0.2, -0.15) is 0 Å². The van der Waals surface area contributed by atoms with Crippen LogP contribution in [0.4, 0.5) is 4.79 Å². The molecule has 112 valence electrons. The van der Waals surface area contributed by atoms with Crippen molar-refractivity contribution in [1.82, 2.24) is 9.47 Å². The van der Waals surface area contributed by atoms with E-state index in [0.29, 0.717) is 13.1 Å². The van der Waals surface area contributed by atoms with E-state index >= 15 is 0 Å². The summed E-state index contributed by atoms with van der Waals surface area (Å²) in [5.74, 6) is 0. The number of hydrogen-bond acceptors (Lipinski definition) is 3. The second kappa shape index (κ2) is 4.49.